The summed E-state index contributed by atoms with van der Waals surface area (Å²) in [6.45, 7) is 2.01. The second-order valence-corrected chi connectivity index (χ2v) is 2.33. The molecule has 1 heterocycles. The number of hydrogen-bond acceptors (Lipinski definition) is 3. The molecule has 0 saturated carbocycles. The van der Waals surface area contributed by atoms with Gasteiger partial charge in [-0.15, -0.1) is 0 Å². The van der Waals surface area contributed by atoms with E-state index in [1.165, 1.54) is 0 Å². The van der Waals surface area contributed by atoms with Crippen LogP contribution in [0, 0.1) is 0 Å². The van der Waals surface area contributed by atoms with Crippen molar-refractivity contribution in [3.8, 4) is 0 Å². The zero-order valence-corrected chi connectivity index (χ0v) is 6.89. The van der Waals surface area contributed by atoms with Crippen molar-refractivity contribution in [1.82, 2.24) is 9.78 Å². The third-order valence-electron chi connectivity index (χ3n) is 1.57. The Labute approximate surface area is 73.4 Å². The molecule has 0 radical (unpaired) electrons. The van der Waals surface area contributed by atoms with Crippen LogP contribution in [0.15, 0.2) is 6.20 Å². The molecule has 0 unspecified atom stereocenters. The summed E-state index contributed by atoms with van der Waals surface area (Å²) in [7, 11) is 0. The molecule has 0 aromatic carbocycles. The summed E-state index contributed by atoms with van der Waals surface area (Å²) in [6.07, 6.45) is 1.04. The summed E-state index contributed by atoms with van der Waals surface area (Å²) < 4.78 is 1.13. The first-order valence-electron chi connectivity index (χ1n) is 3.60. The number of aromatic nitrogens is 2. The van der Waals surface area contributed by atoms with Gasteiger partial charge in [0.05, 0.1) is 6.20 Å². The third kappa shape index (κ3) is 1.51. The maximum Gasteiger partial charge on any atom is 0.355 e. The van der Waals surface area contributed by atoms with E-state index in [-0.39, 0.29) is 11.3 Å². The van der Waals surface area contributed by atoms with Gasteiger partial charge in [-0.25, -0.2) is 9.59 Å². The average Bonchev–Trinajstić information content (AvgIpc) is 2.46. The molecule has 0 amide bonds. The number of rotatable bonds is 3. The van der Waals surface area contributed by atoms with Crippen LogP contribution in [0.4, 0.5) is 0 Å². The lowest BCUT2D eigenvalue weighted by molar-refractivity contribution is 0.0643. The molecule has 0 fully saturated rings. The molecule has 0 spiro atoms. The van der Waals surface area contributed by atoms with Crippen LogP contribution in [-0.4, -0.2) is 31.9 Å². The van der Waals surface area contributed by atoms with Crippen molar-refractivity contribution in [3.05, 3.63) is 17.5 Å². The Morgan fingerprint density at radius 3 is 2.46 bits per heavy atom. The molecule has 70 valence electrons. The molecular weight excluding hydrogens is 176 g/mol. The summed E-state index contributed by atoms with van der Waals surface area (Å²) in [5, 5.41) is 20.9. The smallest absolute Gasteiger partial charge is 0.355 e. The van der Waals surface area contributed by atoms with E-state index >= 15 is 0 Å². The highest BCUT2D eigenvalue weighted by Gasteiger charge is 2.21. The molecule has 0 aliphatic rings. The van der Waals surface area contributed by atoms with Crippen molar-refractivity contribution in [2.45, 2.75) is 13.5 Å². The maximum absolute atomic E-state index is 10.6. The van der Waals surface area contributed by atoms with Crippen LogP contribution < -0.4 is 0 Å². The highest BCUT2D eigenvalue weighted by Crippen LogP contribution is 2.08. The molecule has 0 aliphatic heterocycles. The Balaban J connectivity index is 3.30. The van der Waals surface area contributed by atoms with Crippen molar-refractivity contribution < 1.29 is 19.8 Å². The van der Waals surface area contributed by atoms with Gasteiger partial charge in [0.15, 0.2) is 5.69 Å². The topological polar surface area (TPSA) is 92.4 Å². The normalized spacial score (nSPS) is 9.92. The summed E-state index contributed by atoms with van der Waals surface area (Å²) in [5.74, 6) is -2.56. The number of carboxylic acids is 2. The van der Waals surface area contributed by atoms with Gasteiger partial charge in [0.2, 0.25) is 0 Å². The van der Waals surface area contributed by atoms with Crippen molar-refractivity contribution >= 4 is 11.9 Å². The predicted octanol–water partition coefficient (Wildman–Crippen LogP) is 0.299. The van der Waals surface area contributed by atoms with E-state index in [9.17, 15) is 9.59 Å². The predicted molar refractivity (Wildman–Crippen MR) is 41.8 cm³/mol. The highest BCUT2D eigenvalue weighted by molar-refractivity contribution is 6.00. The molecule has 2 N–H and O–H groups in total. The van der Waals surface area contributed by atoms with E-state index in [4.69, 9.17) is 10.2 Å². The van der Waals surface area contributed by atoms with Crippen LogP contribution in [0.1, 0.15) is 27.8 Å². The zero-order chi connectivity index (χ0) is 10.0. The van der Waals surface area contributed by atoms with E-state index in [0.29, 0.717) is 6.54 Å². The fourth-order valence-electron chi connectivity index (χ4n) is 1.01. The largest absolute Gasteiger partial charge is 0.478 e. The van der Waals surface area contributed by atoms with Crippen LogP contribution >= 0.6 is 0 Å². The Bertz CT molecular complexity index is 355. The monoisotopic (exact) mass is 184 g/mol. The molecule has 6 nitrogen and oxygen atoms in total. The molecule has 1 aromatic heterocycles. The number of aryl methyl sites for hydroxylation is 1. The Morgan fingerprint density at radius 2 is 2.08 bits per heavy atom. The first-order valence-corrected chi connectivity index (χ1v) is 3.60. The lowest BCUT2D eigenvalue weighted by Gasteiger charge is -1.99. The molecule has 0 saturated heterocycles. The van der Waals surface area contributed by atoms with Crippen LogP contribution in [0.2, 0.25) is 0 Å². The molecule has 13 heavy (non-hydrogen) atoms. The van der Waals surface area contributed by atoms with Gasteiger partial charge in [-0.05, 0) is 6.92 Å². The maximum atomic E-state index is 10.6. The van der Waals surface area contributed by atoms with Gasteiger partial charge in [0.1, 0.15) is 5.56 Å². The molecular formula is C7H8N2O4. The van der Waals surface area contributed by atoms with Gasteiger partial charge in [0, 0.05) is 6.54 Å². The van der Waals surface area contributed by atoms with Crippen molar-refractivity contribution in [2.24, 2.45) is 0 Å². The van der Waals surface area contributed by atoms with Gasteiger partial charge < -0.3 is 10.2 Å². The summed E-state index contributed by atoms with van der Waals surface area (Å²) in [4.78, 5) is 21.2. The number of aromatic carboxylic acids is 2. The second kappa shape index (κ2) is 3.26. The molecule has 6 heteroatoms. The summed E-state index contributed by atoms with van der Waals surface area (Å²) >= 11 is 0. The van der Waals surface area contributed by atoms with Gasteiger partial charge in [-0.3, -0.25) is 4.68 Å². The minimum absolute atomic E-state index is 0.282. The Morgan fingerprint density at radius 1 is 1.46 bits per heavy atom. The van der Waals surface area contributed by atoms with E-state index in [2.05, 4.69) is 5.10 Å². The molecule has 1 aromatic rings. The molecule has 0 aliphatic carbocycles. The van der Waals surface area contributed by atoms with Crippen molar-refractivity contribution in [3.63, 3.8) is 0 Å². The van der Waals surface area contributed by atoms with Gasteiger partial charge in [0.25, 0.3) is 0 Å². The van der Waals surface area contributed by atoms with E-state index in [1.807, 2.05) is 0 Å². The van der Waals surface area contributed by atoms with E-state index < -0.39 is 11.9 Å². The third-order valence-corrected chi connectivity index (χ3v) is 1.57. The average molecular weight is 184 g/mol. The standard InChI is InChI=1S/C7H8N2O4/c1-2-9-5(7(12)13)4(3-8-9)6(10)11/h3H,2H2,1H3,(H,10,11)(H,12,13). The molecule has 1 rings (SSSR count). The zero-order valence-electron chi connectivity index (χ0n) is 6.89. The van der Waals surface area contributed by atoms with E-state index in [1.54, 1.807) is 6.92 Å². The van der Waals surface area contributed by atoms with Gasteiger partial charge >= 0.3 is 11.9 Å². The lowest BCUT2D eigenvalue weighted by atomic mass is 10.2. The van der Waals surface area contributed by atoms with Crippen LogP contribution in [0.25, 0.3) is 0 Å². The number of carboxylic acid groups (broad SMARTS) is 2. The van der Waals surface area contributed by atoms with Crippen LogP contribution in [-0.2, 0) is 6.54 Å². The minimum Gasteiger partial charge on any atom is -0.478 e. The van der Waals surface area contributed by atoms with Gasteiger partial charge in [-0.1, -0.05) is 0 Å². The fraction of sp³-hybridized carbons (Fsp3) is 0.286. The van der Waals surface area contributed by atoms with Crippen LogP contribution in [0.5, 0.6) is 0 Å². The number of carbonyl (C=O) groups is 2. The number of hydrogen-bond donors (Lipinski definition) is 2. The van der Waals surface area contributed by atoms with Gasteiger partial charge in [-0.2, -0.15) is 5.10 Å². The first-order chi connectivity index (χ1) is 6.07. The fourth-order valence-corrected chi connectivity index (χ4v) is 1.01. The summed E-state index contributed by atoms with van der Waals surface area (Å²) in [5.41, 5.74) is -0.565. The van der Waals surface area contributed by atoms with Crippen LogP contribution in [0.3, 0.4) is 0 Å². The quantitative estimate of drug-likeness (QED) is 0.704. The SMILES string of the molecule is CCn1ncc(C(=O)O)c1C(=O)O. The van der Waals surface area contributed by atoms with E-state index in [0.717, 1.165) is 10.9 Å². The second-order valence-electron chi connectivity index (χ2n) is 2.33. The van der Waals surface area contributed by atoms with Crippen molar-refractivity contribution in [1.29, 1.82) is 0 Å². The van der Waals surface area contributed by atoms with Crippen molar-refractivity contribution in [2.75, 3.05) is 0 Å². The number of nitrogens with zero attached hydrogens (tertiary/aromatic N) is 2. The summed E-state index contributed by atoms with van der Waals surface area (Å²) in [6, 6.07) is 0. The first kappa shape index (κ1) is 9.24. The Hall–Kier alpha value is -1.85. The lowest BCUT2D eigenvalue weighted by Crippen LogP contribution is -2.12. The minimum atomic E-state index is -1.28. The Kier molecular flexibility index (Phi) is 2.32. The molecule has 0 atom stereocenters. The highest BCUT2D eigenvalue weighted by atomic mass is 16.4. The molecule has 0 bridgehead atoms.